The number of rotatable bonds is 8. The molecule has 0 atom stereocenters. The van der Waals surface area contributed by atoms with E-state index in [9.17, 15) is 4.79 Å². The topological polar surface area (TPSA) is 50.4 Å². The van der Waals surface area contributed by atoms with Crippen LogP contribution in [0, 0.1) is 0 Å². The minimum Gasteiger partial charge on any atom is -0.483 e. The van der Waals surface area contributed by atoms with Crippen LogP contribution in [0.3, 0.4) is 0 Å². The van der Waals surface area contributed by atoms with Crippen LogP contribution in [0.1, 0.15) is 11.1 Å². The zero-order chi connectivity index (χ0) is 18.9. The average Bonchev–Trinajstić information content (AvgIpc) is 2.70. The third-order valence-corrected chi connectivity index (χ3v) is 4.20. The van der Waals surface area contributed by atoms with Crippen LogP contribution in [0.5, 0.6) is 5.75 Å². The maximum Gasteiger partial charge on any atom is 0.262 e. The highest BCUT2D eigenvalue weighted by Gasteiger charge is 2.07. The lowest BCUT2D eigenvalue weighted by atomic mass is 10.2. The normalized spacial score (nSPS) is 10.4. The lowest BCUT2D eigenvalue weighted by Gasteiger charge is -2.12. The van der Waals surface area contributed by atoms with Crippen LogP contribution >= 0.6 is 11.6 Å². The van der Waals surface area contributed by atoms with E-state index in [-0.39, 0.29) is 12.5 Å². The molecule has 5 heteroatoms. The molecular formula is C22H21ClN2O2. The summed E-state index contributed by atoms with van der Waals surface area (Å²) in [5.41, 5.74) is 2.91. The van der Waals surface area contributed by atoms with Crippen LogP contribution < -0.4 is 15.4 Å². The second-order valence-corrected chi connectivity index (χ2v) is 6.48. The van der Waals surface area contributed by atoms with Gasteiger partial charge in [-0.25, -0.2) is 0 Å². The molecule has 0 unspecified atom stereocenters. The van der Waals surface area contributed by atoms with Gasteiger partial charge in [-0.2, -0.15) is 0 Å². The number of anilines is 1. The van der Waals surface area contributed by atoms with E-state index < -0.39 is 0 Å². The summed E-state index contributed by atoms with van der Waals surface area (Å²) >= 11 is 5.84. The molecule has 0 fully saturated rings. The number of carbonyl (C=O) groups is 1. The summed E-state index contributed by atoms with van der Waals surface area (Å²) in [6, 6.07) is 24.9. The van der Waals surface area contributed by atoms with Gasteiger partial charge in [-0.15, -0.1) is 0 Å². The van der Waals surface area contributed by atoms with Gasteiger partial charge in [-0.05, 0) is 35.9 Å². The number of nitrogens with one attached hydrogen (secondary N) is 2. The minimum absolute atomic E-state index is 0.0572. The molecule has 0 aliphatic heterocycles. The molecule has 0 radical (unpaired) electrons. The monoisotopic (exact) mass is 380 g/mol. The van der Waals surface area contributed by atoms with Crippen LogP contribution in [0.25, 0.3) is 0 Å². The SMILES string of the molecule is O=C(COc1ccccc1CNCc1ccccc1)Nc1ccc(Cl)cc1. The zero-order valence-electron chi connectivity index (χ0n) is 14.8. The molecule has 3 aromatic rings. The molecule has 4 nitrogen and oxygen atoms in total. The van der Waals surface area contributed by atoms with E-state index in [1.807, 2.05) is 42.5 Å². The van der Waals surface area contributed by atoms with Crippen LogP contribution in [-0.2, 0) is 17.9 Å². The molecule has 0 aliphatic carbocycles. The van der Waals surface area contributed by atoms with Crippen LogP contribution in [0.15, 0.2) is 78.9 Å². The molecule has 0 spiro atoms. The Morgan fingerprint density at radius 1 is 0.852 bits per heavy atom. The van der Waals surface area contributed by atoms with Gasteiger partial charge < -0.3 is 15.4 Å². The zero-order valence-corrected chi connectivity index (χ0v) is 15.6. The van der Waals surface area contributed by atoms with Gasteiger partial charge in [-0.1, -0.05) is 60.1 Å². The highest BCUT2D eigenvalue weighted by atomic mass is 35.5. The molecule has 0 bridgehead atoms. The molecule has 0 saturated heterocycles. The number of carbonyl (C=O) groups excluding carboxylic acids is 1. The summed E-state index contributed by atoms with van der Waals surface area (Å²) in [5, 5.41) is 6.81. The Labute approximate surface area is 164 Å². The average molecular weight is 381 g/mol. The van der Waals surface area contributed by atoms with Gasteiger partial charge in [0.2, 0.25) is 0 Å². The molecule has 1 amide bonds. The molecule has 138 valence electrons. The maximum absolute atomic E-state index is 12.1. The van der Waals surface area contributed by atoms with Crippen molar-refractivity contribution in [3.05, 3.63) is 95.0 Å². The Balaban J connectivity index is 1.51. The first kappa shape index (κ1) is 19.0. The maximum atomic E-state index is 12.1. The van der Waals surface area contributed by atoms with E-state index in [2.05, 4.69) is 22.8 Å². The second-order valence-electron chi connectivity index (χ2n) is 6.04. The van der Waals surface area contributed by atoms with Crippen molar-refractivity contribution in [2.24, 2.45) is 0 Å². The van der Waals surface area contributed by atoms with E-state index in [1.54, 1.807) is 24.3 Å². The van der Waals surface area contributed by atoms with Crippen LogP contribution in [-0.4, -0.2) is 12.5 Å². The van der Waals surface area contributed by atoms with Crippen LogP contribution in [0.4, 0.5) is 5.69 Å². The predicted octanol–water partition coefficient (Wildman–Crippen LogP) is 4.65. The number of ether oxygens (including phenoxy) is 1. The van der Waals surface area contributed by atoms with E-state index in [4.69, 9.17) is 16.3 Å². The predicted molar refractivity (Wildman–Crippen MR) is 109 cm³/mol. The van der Waals surface area contributed by atoms with E-state index in [0.717, 1.165) is 12.1 Å². The second kappa shape index (κ2) is 9.76. The van der Waals surface area contributed by atoms with Crippen molar-refractivity contribution >= 4 is 23.2 Å². The van der Waals surface area contributed by atoms with Gasteiger partial charge in [0.05, 0.1) is 0 Å². The van der Waals surface area contributed by atoms with Gasteiger partial charge in [0, 0.05) is 29.4 Å². The van der Waals surface area contributed by atoms with Crippen molar-refractivity contribution in [3.63, 3.8) is 0 Å². The summed E-state index contributed by atoms with van der Waals surface area (Å²) in [4.78, 5) is 12.1. The number of hydrogen-bond acceptors (Lipinski definition) is 3. The summed E-state index contributed by atoms with van der Waals surface area (Å²) < 4.78 is 5.72. The van der Waals surface area contributed by atoms with Gasteiger partial charge >= 0.3 is 0 Å². The van der Waals surface area contributed by atoms with Crippen LogP contribution in [0.2, 0.25) is 5.02 Å². The smallest absolute Gasteiger partial charge is 0.262 e. The number of halogens is 1. The third kappa shape index (κ3) is 6.13. The first-order valence-electron chi connectivity index (χ1n) is 8.71. The van der Waals surface area contributed by atoms with E-state index in [0.29, 0.717) is 23.0 Å². The number of amides is 1. The van der Waals surface area contributed by atoms with Crippen molar-refractivity contribution in [3.8, 4) is 5.75 Å². The Morgan fingerprint density at radius 2 is 1.56 bits per heavy atom. The summed E-state index contributed by atoms with van der Waals surface area (Å²) in [6.07, 6.45) is 0. The minimum atomic E-state index is -0.218. The van der Waals surface area contributed by atoms with Gasteiger partial charge in [-0.3, -0.25) is 4.79 Å². The number of para-hydroxylation sites is 1. The molecule has 0 aromatic heterocycles. The summed E-state index contributed by atoms with van der Waals surface area (Å²) in [7, 11) is 0. The third-order valence-electron chi connectivity index (χ3n) is 3.95. The molecule has 2 N–H and O–H groups in total. The molecule has 27 heavy (non-hydrogen) atoms. The van der Waals surface area contributed by atoms with Crippen molar-refractivity contribution in [1.29, 1.82) is 0 Å². The molecule has 3 rings (SSSR count). The lowest BCUT2D eigenvalue weighted by Crippen LogP contribution is -2.21. The Morgan fingerprint density at radius 3 is 2.33 bits per heavy atom. The van der Waals surface area contributed by atoms with Gasteiger partial charge in [0.1, 0.15) is 5.75 Å². The Kier molecular flexibility index (Phi) is 6.85. The molecule has 3 aromatic carbocycles. The van der Waals surface area contributed by atoms with Gasteiger partial charge in [0.15, 0.2) is 6.61 Å². The number of benzene rings is 3. The number of hydrogen-bond donors (Lipinski definition) is 2. The van der Waals surface area contributed by atoms with Crippen molar-refractivity contribution < 1.29 is 9.53 Å². The molecule has 0 heterocycles. The highest BCUT2D eigenvalue weighted by molar-refractivity contribution is 6.30. The quantitative estimate of drug-likeness (QED) is 0.598. The Hall–Kier alpha value is -2.82. The summed E-state index contributed by atoms with van der Waals surface area (Å²) in [6.45, 7) is 1.37. The fourth-order valence-electron chi connectivity index (χ4n) is 2.60. The first-order valence-corrected chi connectivity index (χ1v) is 9.09. The molecule has 0 aliphatic rings. The van der Waals surface area contributed by atoms with Crippen molar-refractivity contribution in [2.75, 3.05) is 11.9 Å². The van der Waals surface area contributed by atoms with E-state index >= 15 is 0 Å². The van der Waals surface area contributed by atoms with E-state index in [1.165, 1.54) is 5.56 Å². The summed E-state index contributed by atoms with van der Waals surface area (Å²) in [5.74, 6) is 0.480. The van der Waals surface area contributed by atoms with Crippen molar-refractivity contribution in [2.45, 2.75) is 13.1 Å². The highest BCUT2D eigenvalue weighted by Crippen LogP contribution is 2.18. The molecular weight excluding hydrogens is 360 g/mol. The first-order chi connectivity index (χ1) is 13.2. The molecule has 0 saturated carbocycles. The van der Waals surface area contributed by atoms with Gasteiger partial charge in [0.25, 0.3) is 5.91 Å². The fraction of sp³-hybridized carbons (Fsp3) is 0.136. The lowest BCUT2D eigenvalue weighted by molar-refractivity contribution is -0.118. The van der Waals surface area contributed by atoms with Crippen molar-refractivity contribution in [1.82, 2.24) is 5.32 Å². The Bertz CT molecular complexity index is 867. The largest absolute Gasteiger partial charge is 0.483 e. The standard InChI is InChI=1S/C22H21ClN2O2/c23-19-10-12-20(13-11-19)25-22(26)16-27-21-9-5-4-8-18(21)15-24-14-17-6-2-1-3-7-17/h1-13,24H,14-16H2,(H,25,26). The fourth-order valence-corrected chi connectivity index (χ4v) is 2.73.